The lowest BCUT2D eigenvalue weighted by Crippen LogP contribution is -2.28. The molecule has 22 heavy (non-hydrogen) atoms. The summed E-state index contributed by atoms with van der Waals surface area (Å²) in [5, 5.41) is 0. The normalized spacial score (nSPS) is 22.5. The van der Waals surface area contributed by atoms with E-state index in [4.69, 9.17) is 0 Å². The van der Waals surface area contributed by atoms with Gasteiger partial charge in [-0.25, -0.2) is 0 Å². The third-order valence-electron chi connectivity index (χ3n) is 4.96. The molecule has 0 heterocycles. The Bertz CT molecular complexity index is 573. The summed E-state index contributed by atoms with van der Waals surface area (Å²) in [6.07, 6.45) is 2.13. The molecular weight excluding hydrogens is 266 g/mol. The van der Waals surface area contributed by atoms with Gasteiger partial charge in [0.15, 0.2) is 0 Å². The van der Waals surface area contributed by atoms with E-state index in [9.17, 15) is 0 Å². The highest BCUT2D eigenvalue weighted by Gasteiger charge is 2.58. The van der Waals surface area contributed by atoms with Crippen molar-refractivity contribution in [3.05, 3.63) is 84.4 Å². The first-order valence-corrected chi connectivity index (χ1v) is 8.07. The fourth-order valence-electron chi connectivity index (χ4n) is 3.67. The van der Waals surface area contributed by atoms with E-state index in [0.29, 0.717) is 17.4 Å². The minimum atomic E-state index is 0.325. The molecule has 0 amide bonds. The summed E-state index contributed by atoms with van der Waals surface area (Å²) in [6.45, 7) is 10.7. The highest BCUT2D eigenvalue weighted by atomic mass is 15.2. The fraction of sp³-hybridized carbons (Fsp3) is 0.333. The molecule has 2 unspecified atom stereocenters. The lowest BCUT2D eigenvalue weighted by molar-refractivity contribution is 0.216. The highest BCUT2D eigenvalue weighted by Crippen LogP contribution is 2.56. The quantitative estimate of drug-likeness (QED) is 0.684. The molecule has 0 N–H and O–H groups in total. The van der Waals surface area contributed by atoms with Gasteiger partial charge in [-0.05, 0) is 22.5 Å². The van der Waals surface area contributed by atoms with Crippen molar-refractivity contribution < 1.29 is 0 Å². The maximum absolute atomic E-state index is 4.04. The molecule has 1 aliphatic rings. The molecule has 2 aromatic rings. The molecule has 0 aromatic heterocycles. The molecule has 2 atom stereocenters. The van der Waals surface area contributed by atoms with Crippen molar-refractivity contribution in [2.75, 3.05) is 0 Å². The number of nitrogens with zero attached hydrogens (tertiary/aromatic N) is 1. The van der Waals surface area contributed by atoms with Gasteiger partial charge >= 0.3 is 0 Å². The summed E-state index contributed by atoms with van der Waals surface area (Å²) in [5.41, 5.74) is 3.08. The van der Waals surface area contributed by atoms with E-state index in [-0.39, 0.29) is 0 Å². The highest BCUT2D eigenvalue weighted by molar-refractivity contribution is 5.23. The topological polar surface area (TPSA) is 3.24 Å². The van der Waals surface area contributed by atoms with Gasteiger partial charge in [-0.2, -0.15) is 0 Å². The van der Waals surface area contributed by atoms with E-state index >= 15 is 0 Å². The van der Waals surface area contributed by atoms with Crippen LogP contribution in [0.3, 0.4) is 0 Å². The van der Waals surface area contributed by atoms with Crippen LogP contribution in [0.5, 0.6) is 0 Å². The van der Waals surface area contributed by atoms with Crippen LogP contribution in [0, 0.1) is 11.3 Å². The van der Waals surface area contributed by atoms with Crippen LogP contribution in [-0.4, -0.2) is 10.9 Å². The van der Waals surface area contributed by atoms with Gasteiger partial charge in [0.2, 0.25) is 0 Å². The van der Waals surface area contributed by atoms with Crippen LogP contribution in [0.1, 0.15) is 25.0 Å². The third-order valence-corrected chi connectivity index (χ3v) is 4.96. The van der Waals surface area contributed by atoms with Crippen LogP contribution >= 0.6 is 0 Å². The monoisotopic (exact) mass is 291 g/mol. The van der Waals surface area contributed by atoms with Crippen molar-refractivity contribution in [1.82, 2.24) is 4.90 Å². The van der Waals surface area contributed by atoms with Gasteiger partial charge < -0.3 is 0 Å². The molecule has 0 bridgehead atoms. The van der Waals surface area contributed by atoms with Crippen LogP contribution in [0.2, 0.25) is 0 Å². The fourth-order valence-corrected chi connectivity index (χ4v) is 3.67. The van der Waals surface area contributed by atoms with Crippen molar-refractivity contribution in [1.29, 1.82) is 0 Å². The average Bonchev–Trinajstić information content (AvgIpc) is 3.10. The van der Waals surface area contributed by atoms with Gasteiger partial charge in [0.25, 0.3) is 0 Å². The first-order chi connectivity index (χ1) is 10.6. The summed E-state index contributed by atoms with van der Waals surface area (Å²) in [7, 11) is 0. The molecule has 1 nitrogen and oxygen atoms in total. The van der Waals surface area contributed by atoms with Gasteiger partial charge in [-0.1, -0.05) is 80.6 Å². The molecule has 114 valence electrons. The maximum atomic E-state index is 4.04. The molecule has 0 radical (unpaired) electrons. The van der Waals surface area contributed by atoms with Gasteiger partial charge in [-0.15, -0.1) is 6.58 Å². The number of rotatable bonds is 6. The van der Waals surface area contributed by atoms with Gasteiger partial charge in [0.1, 0.15) is 0 Å². The van der Waals surface area contributed by atoms with Gasteiger partial charge in [-0.3, -0.25) is 4.90 Å². The maximum Gasteiger partial charge on any atom is 0.0240 e. The SMILES string of the molecule is C=CC1C(N(Cc2ccccc2)Cc2ccccc2)C1(C)C. The molecule has 3 rings (SSSR count). The number of hydrogen-bond donors (Lipinski definition) is 0. The van der Waals surface area contributed by atoms with Crippen molar-refractivity contribution >= 4 is 0 Å². The summed E-state index contributed by atoms with van der Waals surface area (Å²) in [6, 6.07) is 22.1. The van der Waals surface area contributed by atoms with Crippen LogP contribution in [0.25, 0.3) is 0 Å². The average molecular weight is 291 g/mol. The summed E-state index contributed by atoms with van der Waals surface area (Å²) < 4.78 is 0. The Morgan fingerprint density at radius 2 is 1.36 bits per heavy atom. The zero-order valence-electron chi connectivity index (χ0n) is 13.6. The molecule has 2 aromatic carbocycles. The second-order valence-corrected chi connectivity index (χ2v) is 6.90. The number of hydrogen-bond acceptors (Lipinski definition) is 1. The van der Waals surface area contributed by atoms with Crippen LogP contribution in [0.15, 0.2) is 73.3 Å². The van der Waals surface area contributed by atoms with E-state index in [1.54, 1.807) is 0 Å². The first kappa shape index (κ1) is 15.1. The largest absolute Gasteiger partial charge is 0.291 e. The predicted molar refractivity (Wildman–Crippen MR) is 93.4 cm³/mol. The summed E-state index contributed by atoms with van der Waals surface area (Å²) in [4.78, 5) is 2.61. The van der Waals surface area contributed by atoms with Gasteiger partial charge in [0, 0.05) is 19.1 Å². The molecule has 1 fully saturated rings. The van der Waals surface area contributed by atoms with Crippen LogP contribution in [0.4, 0.5) is 0 Å². The van der Waals surface area contributed by atoms with Crippen molar-refractivity contribution in [2.24, 2.45) is 11.3 Å². The Morgan fingerprint density at radius 1 is 0.909 bits per heavy atom. The minimum absolute atomic E-state index is 0.325. The Hall–Kier alpha value is -1.86. The minimum Gasteiger partial charge on any atom is -0.291 e. The molecule has 1 heteroatoms. The molecule has 0 spiro atoms. The van der Waals surface area contributed by atoms with Crippen molar-refractivity contribution in [3.8, 4) is 0 Å². The molecular formula is C21H25N. The summed E-state index contributed by atoms with van der Waals surface area (Å²) in [5.74, 6) is 0.583. The van der Waals surface area contributed by atoms with Crippen molar-refractivity contribution in [3.63, 3.8) is 0 Å². The van der Waals surface area contributed by atoms with E-state index < -0.39 is 0 Å². The first-order valence-electron chi connectivity index (χ1n) is 8.07. The van der Waals surface area contributed by atoms with Crippen molar-refractivity contribution in [2.45, 2.75) is 33.0 Å². The Morgan fingerprint density at radius 3 is 1.73 bits per heavy atom. The Labute approximate surface area is 134 Å². The second kappa shape index (κ2) is 6.10. The van der Waals surface area contributed by atoms with Crippen LogP contribution in [-0.2, 0) is 13.1 Å². The summed E-state index contributed by atoms with van der Waals surface area (Å²) >= 11 is 0. The molecule has 0 saturated heterocycles. The van der Waals surface area contributed by atoms with E-state index in [2.05, 4.69) is 92.1 Å². The van der Waals surface area contributed by atoms with E-state index in [0.717, 1.165) is 13.1 Å². The standard InChI is InChI=1S/C21H25N/c1-4-19-20(21(19,2)3)22(15-17-11-7-5-8-12-17)16-18-13-9-6-10-14-18/h4-14,19-20H,1,15-16H2,2-3H3. The molecule has 1 saturated carbocycles. The molecule has 0 aliphatic heterocycles. The van der Waals surface area contributed by atoms with E-state index in [1.165, 1.54) is 11.1 Å². The zero-order chi connectivity index (χ0) is 15.6. The number of benzene rings is 2. The lowest BCUT2D eigenvalue weighted by Gasteiger charge is -2.24. The predicted octanol–water partition coefficient (Wildman–Crippen LogP) is 4.90. The molecule has 1 aliphatic carbocycles. The van der Waals surface area contributed by atoms with Gasteiger partial charge in [0.05, 0.1) is 0 Å². The Kier molecular flexibility index (Phi) is 4.17. The second-order valence-electron chi connectivity index (χ2n) is 6.90. The third kappa shape index (κ3) is 3.00. The smallest absolute Gasteiger partial charge is 0.0240 e. The Balaban J connectivity index is 1.81. The van der Waals surface area contributed by atoms with E-state index in [1.807, 2.05) is 0 Å². The van der Waals surface area contributed by atoms with Crippen LogP contribution < -0.4 is 0 Å². The zero-order valence-corrected chi connectivity index (χ0v) is 13.6. The lowest BCUT2D eigenvalue weighted by atomic mass is 10.1.